The average molecular weight is 514 g/mol. The van der Waals surface area contributed by atoms with Crippen LogP contribution in [0, 0.1) is 6.92 Å². The molecule has 0 aromatic carbocycles. The molecule has 0 atom stereocenters. The zero-order valence-corrected chi connectivity index (χ0v) is 22.5. The largest absolute Gasteiger partial charge is 0.397 e. The van der Waals surface area contributed by atoms with Crippen molar-refractivity contribution in [2.45, 2.75) is 39.3 Å². The average Bonchev–Trinajstić information content (AvgIpc) is 3.36. The van der Waals surface area contributed by atoms with Crippen molar-refractivity contribution in [2.75, 3.05) is 17.7 Å². The lowest BCUT2D eigenvalue weighted by Crippen LogP contribution is -2.22. The highest BCUT2D eigenvalue weighted by Gasteiger charge is 2.17. The van der Waals surface area contributed by atoms with E-state index >= 15 is 0 Å². The smallest absolute Gasteiger partial charge is 0.257 e. The number of carbonyl (C=O) groups is 1. The molecule has 4 rings (SSSR count). The van der Waals surface area contributed by atoms with E-state index in [1.807, 2.05) is 43.1 Å². The molecule has 4 heterocycles. The molecule has 3 N–H and O–H groups in total. The van der Waals surface area contributed by atoms with E-state index in [2.05, 4.69) is 40.0 Å². The van der Waals surface area contributed by atoms with Crippen LogP contribution >= 0.6 is 12.4 Å². The van der Waals surface area contributed by atoms with Gasteiger partial charge in [0, 0.05) is 45.1 Å². The SMILES string of the molecule is Cc1ncc(N)cc1NC(=O)c1cnc2c(c1)cc(-c1cnn(C)c1)n2COCC[Si](C)(C)C.Cl. The van der Waals surface area contributed by atoms with E-state index in [-0.39, 0.29) is 18.3 Å². The fourth-order valence-corrected chi connectivity index (χ4v) is 4.35. The zero-order chi connectivity index (χ0) is 24.5. The van der Waals surface area contributed by atoms with Crippen molar-refractivity contribution < 1.29 is 9.53 Å². The lowest BCUT2D eigenvalue weighted by molar-refractivity contribution is 0.0909. The zero-order valence-electron chi connectivity index (χ0n) is 20.7. The first-order valence-electron chi connectivity index (χ1n) is 11.2. The van der Waals surface area contributed by atoms with E-state index in [1.54, 1.807) is 23.1 Å². The number of halogens is 1. The molecule has 0 bridgehead atoms. The maximum atomic E-state index is 12.9. The third-order valence-electron chi connectivity index (χ3n) is 5.57. The van der Waals surface area contributed by atoms with Crippen LogP contribution in [-0.4, -0.2) is 44.9 Å². The van der Waals surface area contributed by atoms with Gasteiger partial charge in [-0.2, -0.15) is 5.10 Å². The molecule has 4 aromatic rings. The Kier molecular flexibility index (Phi) is 7.99. The number of ether oxygens (including phenoxy) is 1. The van der Waals surface area contributed by atoms with Crippen LogP contribution in [0.15, 0.2) is 43.0 Å². The van der Waals surface area contributed by atoms with E-state index in [4.69, 9.17) is 10.5 Å². The van der Waals surface area contributed by atoms with Crippen LogP contribution in [0.2, 0.25) is 25.7 Å². The van der Waals surface area contributed by atoms with Crippen molar-refractivity contribution in [3.05, 3.63) is 54.2 Å². The van der Waals surface area contributed by atoms with Gasteiger partial charge in [0.05, 0.1) is 40.7 Å². The van der Waals surface area contributed by atoms with Crippen molar-refractivity contribution in [2.24, 2.45) is 7.05 Å². The van der Waals surface area contributed by atoms with Gasteiger partial charge in [0.25, 0.3) is 5.91 Å². The quantitative estimate of drug-likeness (QED) is 0.260. The molecule has 0 saturated carbocycles. The van der Waals surface area contributed by atoms with Gasteiger partial charge in [-0.25, -0.2) is 4.98 Å². The molecule has 4 aromatic heterocycles. The summed E-state index contributed by atoms with van der Waals surface area (Å²) >= 11 is 0. The standard InChI is InChI=1S/C24H31N7O2Si.ClH/c1-16-21(10-20(25)13-26-16)29-24(32)18-8-17-9-22(19-12-28-30(2)14-19)31(23(17)27-11-18)15-33-6-7-34(3,4)5;/h8-14H,6-7,15,25H2,1-5H3,(H,29,32);1H. The van der Waals surface area contributed by atoms with E-state index in [0.717, 1.165) is 28.3 Å². The van der Waals surface area contributed by atoms with Gasteiger partial charge in [-0.3, -0.25) is 14.5 Å². The summed E-state index contributed by atoms with van der Waals surface area (Å²) in [5.74, 6) is -0.271. The van der Waals surface area contributed by atoms with Gasteiger partial charge >= 0.3 is 0 Å². The molecule has 35 heavy (non-hydrogen) atoms. The highest BCUT2D eigenvalue weighted by molar-refractivity contribution is 6.76. The number of rotatable bonds is 8. The molecule has 1 amide bonds. The minimum atomic E-state index is -1.19. The first-order chi connectivity index (χ1) is 16.1. The predicted octanol–water partition coefficient (Wildman–Crippen LogP) is 4.71. The third-order valence-corrected chi connectivity index (χ3v) is 7.27. The fraction of sp³-hybridized carbons (Fsp3) is 0.333. The van der Waals surface area contributed by atoms with Crippen LogP contribution in [-0.2, 0) is 18.5 Å². The second-order valence-corrected chi connectivity index (χ2v) is 15.3. The summed E-state index contributed by atoms with van der Waals surface area (Å²) in [5, 5.41) is 8.04. The van der Waals surface area contributed by atoms with Crippen molar-refractivity contribution in [1.29, 1.82) is 0 Å². The van der Waals surface area contributed by atoms with Gasteiger partial charge < -0.3 is 20.4 Å². The van der Waals surface area contributed by atoms with Crippen LogP contribution in [0.4, 0.5) is 11.4 Å². The number of nitrogens with zero attached hydrogens (tertiary/aromatic N) is 5. The Hall–Kier alpha value is -3.21. The Bertz CT molecular complexity index is 1340. The molecule has 0 spiro atoms. The molecule has 0 aliphatic carbocycles. The number of amides is 1. The number of carbonyl (C=O) groups excluding carboxylic acids is 1. The molecule has 0 radical (unpaired) electrons. The van der Waals surface area contributed by atoms with Crippen LogP contribution in [0.25, 0.3) is 22.3 Å². The Labute approximate surface area is 212 Å². The van der Waals surface area contributed by atoms with Gasteiger partial charge in [-0.15, -0.1) is 12.4 Å². The number of hydrogen-bond donors (Lipinski definition) is 2. The molecular formula is C24H32ClN7O2Si. The number of fused-ring (bicyclic) bond motifs is 1. The van der Waals surface area contributed by atoms with Crippen LogP contribution in [0.3, 0.4) is 0 Å². The summed E-state index contributed by atoms with van der Waals surface area (Å²) in [6, 6.07) is 6.64. The van der Waals surface area contributed by atoms with Gasteiger partial charge in [-0.05, 0) is 31.2 Å². The van der Waals surface area contributed by atoms with E-state index in [1.165, 1.54) is 0 Å². The lowest BCUT2D eigenvalue weighted by Gasteiger charge is -2.16. The summed E-state index contributed by atoms with van der Waals surface area (Å²) in [7, 11) is 0.697. The summed E-state index contributed by atoms with van der Waals surface area (Å²) in [4.78, 5) is 21.8. The molecule has 11 heteroatoms. The number of nitrogens with two attached hydrogens (primary N) is 1. The second-order valence-electron chi connectivity index (χ2n) is 9.70. The first kappa shape index (κ1) is 26.4. The molecule has 0 unspecified atom stereocenters. The van der Waals surface area contributed by atoms with Gasteiger partial charge in [0.1, 0.15) is 12.4 Å². The Balaban J connectivity index is 0.00000342. The fourth-order valence-electron chi connectivity index (χ4n) is 3.60. The molecule has 186 valence electrons. The van der Waals surface area contributed by atoms with Crippen molar-refractivity contribution >= 4 is 48.8 Å². The van der Waals surface area contributed by atoms with Crippen molar-refractivity contribution in [1.82, 2.24) is 24.3 Å². The first-order valence-corrected chi connectivity index (χ1v) is 14.9. The Morgan fingerprint density at radius 1 is 1.14 bits per heavy atom. The van der Waals surface area contributed by atoms with E-state index in [0.29, 0.717) is 36.0 Å². The maximum absolute atomic E-state index is 12.9. The molecule has 0 aliphatic rings. The Morgan fingerprint density at radius 2 is 1.91 bits per heavy atom. The monoisotopic (exact) mass is 513 g/mol. The summed E-state index contributed by atoms with van der Waals surface area (Å²) < 4.78 is 9.84. The van der Waals surface area contributed by atoms with Gasteiger partial charge in [0.2, 0.25) is 0 Å². The topological polar surface area (TPSA) is 113 Å². The van der Waals surface area contributed by atoms with Gasteiger partial charge in [-0.1, -0.05) is 19.6 Å². The van der Waals surface area contributed by atoms with E-state index in [9.17, 15) is 4.79 Å². The maximum Gasteiger partial charge on any atom is 0.257 e. The predicted molar refractivity (Wildman–Crippen MR) is 145 cm³/mol. The van der Waals surface area contributed by atoms with Gasteiger partial charge in [0.15, 0.2) is 0 Å². The number of pyridine rings is 2. The normalized spacial score (nSPS) is 11.5. The van der Waals surface area contributed by atoms with Crippen LogP contribution in [0.5, 0.6) is 0 Å². The molecule has 0 fully saturated rings. The number of aromatic nitrogens is 5. The molecular weight excluding hydrogens is 482 g/mol. The third kappa shape index (κ3) is 6.27. The summed E-state index contributed by atoms with van der Waals surface area (Å²) in [5.41, 5.74) is 10.7. The number of aryl methyl sites for hydroxylation is 2. The van der Waals surface area contributed by atoms with Crippen LogP contribution in [0.1, 0.15) is 16.1 Å². The lowest BCUT2D eigenvalue weighted by atomic mass is 10.2. The minimum absolute atomic E-state index is 0. The number of nitrogens with one attached hydrogen (secondary N) is 1. The highest BCUT2D eigenvalue weighted by atomic mass is 35.5. The number of nitrogen functional groups attached to an aromatic ring is 1. The van der Waals surface area contributed by atoms with E-state index < -0.39 is 8.07 Å². The Morgan fingerprint density at radius 3 is 2.60 bits per heavy atom. The molecule has 9 nitrogen and oxygen atoms in total. The summed E-state index contributed by atoms with van der Waals surface area (Å²) in [6.07, 6.45) is 6.91. The highest BCUT2D eigenvalue weighted by Crippen LogP contribution is 2.28. The van der Waals surface area contributed by atoms with Crippen molar-refractivity contribution in [3.8, 4) is 11.3 Å². The number of anilines is 2. The molecule has 0 saturated heterocycles. The van der Waals surface area contributed by atoms with Crippen molar-refractivity contribution in [3.63, 3.8) is 0 Å². The minimum Gasteiger partial charge on any atom is -0.397 e. The second kappa shape index (κ2) is 10.6. The number of hydrogen-bond acceptors (Lipinski definition) is 6. The summed E-state index contributed by atoms with van der Waals surface area (Å²) in [6.45, 7) is 9.90. The molecule has 0 aliphatic heterocycles. The van der Waals surface area contributed by atoms with Crippen LogP contribution < -0.4 is 11.1 Å².